The Morgan fingerprint density at radius 1 is 1.25 bits per heavy atom. The zero-order valence-electron chi connectivity index (χ0n) is 9.26. The molecule has 3 heteroatoms. The SMILES string of the molecule is Cn1nc(C=O)cc1CCc1ccccc1. The van der Waals surface area contributed by atoms with Crippen molar-refractivity contribution in [2.24, 2.45) is 7.05 Å². The van der Waals surface area contributed by atoms with Gasteiger partial charge in [-0.15, -0.1) is 0 Å². The zero-order valence-corrected chi connectivity index (χ0v) is 9.26. The fourth-order valence-electron chi connectivity index (χ4n) is 1.74. The maximum absolute atomic E-state index is 10.6. The zero-order chi connectivity index (χ0) is 11.4. The summed E-state index contributed by atoms with van der Waals surface area (Å²) < 4.78 is 1.77. The Hall–Kier alpha value is -1.90. The Labute approximate surface area is 94.7 Å². The van der Waals surface area contributed by atoms with Gasteiger partial charge in [0.15, 0.2) is 6.29 Å². The molecule has 0 N–H and O–H groups in total. The van der Waals surface area contributed by atoms with Crippen molar-refractivity contribution < 1.29 is 4.79 Å². The van der Waals surface area contributed by atoms with Crippen LogP contribution in [0.5, 0.6) is 0 Å². The van der Waals surface area contributed by atoms with Crippen molar-refractivity contribution in [2.75, 3.05) is 0 Å². The highest BCUT2D eigenvalue weighted by molar-refractivity contribution is 5.71. The summed E-state index contributed by atoms with van der Waals surface area (Å²) in [7, 11) is 1.87. The molecule has 0 spiro atoms. The van der Waals surface area contributed by atoms with Crippen molar-refractivity contribution in [2.45, 2.75) is 12.8 Å². The largest absolute Gasteiger partial charge is 0.296 e. The Kier molecular flexibility index (Phi) is 3.15. The number of carbonyl (C=O) groups excluding carboxylic acids is 1. The standard InChI is InChI=1S/C13H14N2O/c1-15-13(9-12(10-16)14-15)8-7-11-5-3-2-4-6-11/h2-6,9-10H,7-8H2,1H3. The molecule has 16 heavy (non-hydrogen) atoms. The number of hydrogen-bond donors (Lipinski definition) is 0. The lowest BCUT2D eigenvalue weighted by atomic mass is 10.1. The van der Waals surface area contributed by atoms with Gasteiger partial charge in [0.1, 0.15) is 5.69 Å². The second-order valence-electron chi connectivity index (χ2n) is 3.79. The molecule has 0 radical (unpaired) electrons. The van der Waals surface area contributed by atoms with E-state index in [1.807, 2.05) is 31.3 Å². The van der Waals surface area contributed by atoms with Crippen LogP contribution in [0.1, 0.15) is 21.7 Å². The number of aryl methyl sites for hydroxylation is 3. The van der Waals surface area contributed by atoms with Crippen LogP contribution in [0.25, 0.3) is 0 Å². The molecular weight excluding hydrogens is 200 g/mol. The lowest BCUT2D eigenvalue weighted by Crippen LogP contribution is -2.00. The molecule has 0 saturated heterocycles. The van der Waals surface area contributed by atoms with Crippen LogP contribution in [0.15, 0.2) is 36.4 Å². The van der Waals surface area contributed by atoms with Crippen LogP contribution in [0.2, 0.25) is 0 Å². The minimum Gasteiger partial charge on any atom is -0.296 e. The summed E-state index contributed by atoms with van der Waals surface area (Å²) in [6.07, 6.45) is 2.66. The monoisotopic (exact) mass is 214 g/mol. The van der Waals surface area contributed by atoms with Crippen molar-refractivity contribution in [3.05, 3.63) is 53.3 Å². The van der Waals surface area contributed by atoms with Gasteiger partial charge in [0, 0.05) is 12.7 Å². The molecule has 1 aromatic carbocycles. The van der Waals surface area contributed by atoms with Crippen LogP contribution in [0, 0.1) is 0 Å². The molecule has 0 amide bonds. The molecule has 0 aliphatic rings. The van der Waals surface area contributed by atoms with Crippen LogP contribution in [-0.4, -0.2) is 16.1 Å². The minimum absolute atomic E-state index is 0.505. The van der Waals surface area contributed by atoms with Crippen molar-refractivity contribution in [3.63, 3.8) is 0 Å². The summed E-state index contributed by atoms with van der Waals surface area (Å²) in [5.74, 6) is 0. The van der Waals surface area contributed by atoms with E-state index >= 15 is 0 Å². The van der Waals surface area contributed by atoms with Crippen LogP contribution < -0.4 is 0 Å². The van der Waals surface area contributed by atoms with Gasteiger partial charge in [0.2, 0.25) is 0 Å². The molecule has 0 aliphatic carbocycles. The Balaban J connectivity index is 2.04. The number of aldehydes is 1. The molecule has 0 bridgehead atoms. The van der Waals surface area contributed by atoms with Crippen LogP contribution in [-0.2, 0) is 19.9 Å². The number of benzene rings is 1. The van der Waals surface area contributed by atoms with E-state index in [-0.39, 0.29) is 0 Å². The third kappa shape index (κ3) is 2.37. The van der Waals surface area contributed by atoms with E-state index in [4.69, 9.17) is 0 Å². The molecule has 1 aromatic heterocycles. The maximum atomic E-state index is 10.6. The molecule has 0 fully saturated rings. The molecule has 1 heterocycles. The average Bonchev–Trinajstić information content (AvgIpc) is 2.69. The van der Waals surface area contributed by atoms with E-state index in [2.05, 4.69) is 17.2 Å². The first-order valence-electron chi connectivity index (χ1n) is 5.31. The van der Waals surface area contributed by atoms with E-state index < -0.39 is 0 Å². The van der Waals surface area contributed by atoms with Gasteiger partial charge in [-0.25, -0.2) is 0 Å². The first kappa shape index (κ1) is 10.6. The van der Waals surface area contributed by atoms with Gasteiger partial charge < -0.3 is 0 Å². The van der Waals surface area contributed by atoms with E-state index in [1.54, 1.807) is 4.68 Å². The predicted octanol–water partition coefficient (Wildman–Crippen LogP) is 2.02. The normalized spacial score (nSPS) is 10.3. The Morgan fingerprint density at radius 2 is 2.00 bits per heavy atom. The fraction of sp³-hybridized carbons (Fsp3) is 0.231. The third-order valence-corrected chi connectivity index (χ3v) is 2.63. The molecule has 0 unspecified atom stereocenters. The highest BCUT2D eigenvalue weighted by Gasteiger charge is 2.04. The van der Waals surface area contributed by atoms with Gasteiger partial charge in [0.25, 0.3) is 0 Å². The first-order valence-corrected chi connectivity index (χ1v) is 5.31. The Bertz CT molecular complexity index is 474. The smallest absolute Gasteiger partial charge is 0.170 e. The minimum atomic E-state index is 0.505. The number of aromatic nitrogens is 2. The highest BCUT2D eigenvalue weighted by atomic mass is 16.1. The van der Waals surface area contributed by atoms with Crippen molar-refractivity contribution >= 4 is 6.29 Å². The van der Waals surface area contributed by atoms with Crippen LogP contribution >= 0.6 is 0 Å². The number of nitrogens with zero attached hydrogens (tertiary/aromatic N) is 2. The lowest BCUT2D eigenvalue weighted by Gasteiger charge is -2.01. The average molecular weight is 214 g/mol. The molecule has 82 valence electrons. The molecule has 0 atom stereocenters. The van der Waals surface area contributed by atoms with E-state index in [9.17, 15) is 4.79 Å². The number of carbonyl (C=O) groups is 1. The predicted molar refractivity (Wildman–Crippen MR) is 62.4 cm³/mol. The summed E-state index contributed by atoms with van der Waals surface area (Å²) in [6, 6.07) is 12.1. The number of hydrogen-bond acceptors (Lipinski definition) is 2. The summed E-state index contributed by atoms with van der Waals surface area (Å²) in [5.41, 5.74) is 2.90. The van der Waals surface area contributed by atoms with Crippen molar-refractivity contribution in [1.29, 1.82) is 0 Å². The van der Waals surface area contributed by atoms with Gasteiger partial charge in [-0.05, 0) is 24.5 Å². The van der Waals surface area contributed by atoms with Gasteiger partial charge in [-0.2, -0.15) is 5.10 Å². The summed E-state index contributed by atoms with van der Waals surface area (Å²) in [5, 5.41) is 4.09. The van der Waals surface area contributed by atoms with E-state index in [0.29, 0.717) is 5.69 Å². The van der Waals surface area contributed by atoms with Gasteiger partial charge in [0.05, 0.1) is 0 Å². The third-order valence-electron chi connectivity index (χ3n) is 2.63. The second-order valence-corrected chi connectivity index (χ2v) is 3.79. The van der Waals surface area contributed by atoms with E-state index in [0.717, 1.165) is 24.8 Å². The fourth-order valence-corrected chi connectivity index (χ4v) is 1.74. The van der Waals surface area contributed by atoms with Gasteiger partial charge in [-0.3, -0.25) is 9.48 Å². The van der Waals surface area contributed by atoms with Gasteiger partial charge >= 0.3 is 0 Å². The maximum Gasteiger partial charge on any atom is 0.170 e. The molecule has 2 rings (SSSR count). The highest BCUT2D eigenvalue weighted by Crippen LogP contribution is 2.07. The van der Waals surface area contributed by atoms with Crippen LogP contribution in [0.4, 0.5) is 0 Å². The first-order chi connectivity index (χ1) is 7.79. The molecule has 0 aliphatic heterocycles. The quantitative estimate of drug-likeness (QED) is 0.730. The topological polar surface area (TPSA) is 34.9 Å². The summed E-state index contributed by atoms with van der Waals surface area (Å²) in [4.78, 5) is 10.6. The molecular formula is C13H14N2O. The van der Waals surface area contributed by atoms with Crippen molar-refractivity contribution in [3.8, 4) is 0 Å². The second kappa shape index (κ2) is 4.75. The lowest BCUT2D eigenvalue weighted by molar-refractivity contribution is 0.111. The van der Waals surface area contributed by atoms with Crippen LogP contribution in [0.3, 0.4) is 0 Å². The van der Waals surface area contributed by atoms with E-state index in [1.165, 1.54) is 5.56 Å². The Morgan fingerprint density at radius 3 is 2.62 bits per heavy atom. The molecule has 2 aromatic rings. The summed E-state index contributed by atoms with van der Waals surface area (Å²) in [6.45, 7) is 0. The molecule has 0 saturated carbocycles. The number of rotatable bonds is 4. The van der Waals surface area contributed by atoms with Crippen molar-refractivity contribution in [1.82, 2.24) is 9.78 Å². The molecule has 3 nitrogen and oxygen atoms in total. The van der Waals surface area contributed by atoms with Gasteiger partial charge in [-0.1, -0.05) is 30.3 Å². The summed E-state index contributed by atoms with van der Waals surface area (Å²) >= 11 is 0.